The van der Waals surface area contributed by atoms with Gasteiger partial charge in [0.05, 0.1) is 4.92 Å². The fourth-order valence-corrected chi connectivity index (χ4v) is 4.17. The Hall–Kier alpha value is -2.32. The molecule has 1 heterocycles. The van der Waals surface area contributed by atoms with Crippen LogP contribution >= 0.6 is 11.6 Å². The van der Waals surface area contributed by atoms with Crippen LogP contribution in [0.1, 0.15) is 0 Å². The van der Waals surface area contributed by atoms with Crippen molar-refractivity contribution in [2.75, 3.05) is 42.2 Å². The molecule has 0 aliphatic carbocycles. The van der Waals surface area contributed by atoms with Crippen molar-refractivity contribution < 1.29 is 13.3 Å². The molecule has 1 fully saturated rings. The molecule has 3 rings (SSSR count). The van der Waals surface area contributed by atoms with E-state index in [0.29, 0.717) is 36.9 Å². The van der Waals surface area contributed by atoms with Gasteiger partial charge in [-0.15, -0.1) is 0 Å². The Morgan fingerprint density at radius 2 is 1.65 bits per heavy atom. The summed E-state index contributed by atoms with van der Waals surface area (Å²) in [5.41, 5.74) is 0.978. The zero-order valence-corrected chi connectivity index (χ0v) is 15.7. The molecule has 0 amide bonds. The minimum absolute atomic E-state index is 0.253. The molecule has 138 valence electrons. The van der Waals surface area contributed by atoms with E-state index < -0.39 is 14.8 Å². The van der Waals surface area contributed by atoms with E-state index in [9.17, 15) is 18.5 Å². The highest BCUT2D eigenvalue weighted by atomic mass is 35.5. The number of hydrogen-bond acceptors (Lipinski definition) is 6. The Balaban J connectivity index is 1.87. The van der Waals surface area contributed by atoms with Crippen molar-refractivity contribution in [2.45, 2.75) is 4.90 Å². The third-order valence-corrected chi connectivity index (χ3v) is 5.72. The molecule has 0 saturated carbocycles. The molecule has 1 aliphatic rings. The molecule has 0 spiro atoms. The molecule has 7 nitrogen and oxygen atoms in total. The SMILES string of the molecule is CS(=O)(=O)c1cccc(N2CCN(c3cccc(Cl)c3)CC2)c1[N+](=O)[O-]. The monoisotopic (exact) mass is 395 g/mol. The predicted octanol–water partition coefficient (Wildman–Crippen LogP) is 2.98. The number of nitrogens with zero attached hydrogens (tertiary/aromatic N) is 3. The van der Waals surface area contributed by atoms with Crippen LogP contribution in [0.4, 0.5) is 17.1 Å². The van der Waals surface area contributed by atoms with Gasteiger partial charge in [0, 0.05) is 43.1 Å². The lowest BCUT2D eigenvalue weighted by Gasteiger charge is -2.37. The summed E-state index contributed by atoms with van der Waals surface area (Å²) in [6.45, 7) is 2.39. The van der Waals surface area contributed by atoms with Crippen LogP contribution in [0.15, 0.2) is 47.4 Å². The van der Waals surface area contributed by atoms with Gasteiger partial charge in [-0.25, -0.2) is 8.42 Å². The number of para-hydroxylation sites is 1. The lowest BCUT2D eigenvalue weighted by atomic mass is 10.2. The first kappa shape index (κ1) is 18.5. The summed E-state index contributed by atoms with van der Waals surface area (Å²) in [5, 5.41) is 12.2. The van der Waals surface area contributed by atoms with Crippen LogP contribution in [0.25, 0.3) is 0 Å². The standard InChI is InChI=1S/C17H18ClN3O4S/c1-26(24,25)16-7-3-6-15(17(16)21(22)23)20-10-8-19(9-11-20)14-5-2-4-13(18)12-14/h2-7,12H,8-11H2,1H3. The van der Waals surface area contributed by atoms with Crippen molar-refractivity contribution in [3.63, 3.8) is 0 Å². The van der Waals surface area contributed by atoms with Crippen LogP contribution in [0.5, 0.6) is 0 Å². The average molecular weight is 396 g/mol. The van der Waals surface area contributed by atoms with Gasteiger partial charge in [-0.3, -0.25) is 10.1 Å². The largest absolute Gasteiger partial charge is 0.368 e. The molecule has 9 heteroatoms. The molecule has 26 heavy (non-hydrogen) atoms. The first-order valence-electron chi connectivity index (χ1n) is 8.00. The van der Waals surface area contributed by atoms with Crippen molar-refractivity contribution in [2.24, 2.45) is 0 Å². The number of nitro benzene ring substituents is 1. The number of anilines is 2. The molecule has 0 aromatic heterocycles. The highest BCUT2D eigenvalue weighted by Gasteiger charge is 2.30. The van der Waals surface area contributed by atoms with E-state index in [1.807, 2.05) is 23.1 Å². The fourth-order valence-electron chi connectivity index (χ4n) is 3.13. The zero-order chi connectivity index (χ0) is 18.9. The smallest absolute Gasteiger partial charge is 0.311 e. The number of halogens is 1. The summed E-state index contributed by atoms with van der Waals surface area (Å²) in [6, 6.07) is 12.0. The van der Waals surface area contributed by atoms with E-state index in [-0.39, 0.29) is 10.6 Å². The van der Waals surface area contributed by atoms with Crippen molar-refractivity contribution in [1.29, 1.82) is 0 Å². The number of sulfone groups is 1. The van der Waals surface area contributed by atoms with Crippen LogP contribution in [0.2, 0.25) is 5.02 Å². The number of nitro groups is 1. The summed E-state index contributed by atoms with van der Waals surface area (Å²) < 4.78 is 23.8. The van der Waals surface area contributed by atoms with E-state index in [2.05, 4.69) is 4.90 Å². The summed E-state index contributed by atoms with van der Waals surface area (Å²) >= 11 is 6.04. The lowest BCUT2D eigenvalue weighted by molar-refractivity contribution is -0.387. The summed E-state index contributed by atoms with van der Waals surface area (Å²) in [4.78, 5) is 14.7. The maximum Gasteiger partial charge on any atom is 0.311 e. The molecule has 0 atom stereocenters. The second-order valence-electron chi connectivity index (χ2n) is 6.11. The molecule has 1 saturated heterocycles. The molecule has 1 aliphatic heterocycles. The van der Waals surface area contributed by atoms with Gasteiger partial charge in [0.1, 0.15) is 10.6 Å². The van der Waals surface area contributed by atoms with E-state index >= 15 is 0 Å². The molecular weight excluding hydrogens is 378 g/mol. The van der Waals surface area contributed by atoms with Crippen molar-refractivity contribution >= 4 is 38.5 Å². The van der Waals surface area contributed by atoms with Gasteiger partial charge >= 0.3 is 5.69 Å². The van der Waals surface area contributed by atoms with Crippen molar-refractivity contribution in [3.8, 4) is 0 Å². The number of piperazine rings is 1. The van der Waals surface area contributed by atoms with Gasteiger partial charge < -0.3 is 9.80 Å². The number of rotatable bonds is 4. The first-order valence-corrected chi connectivity index (χ1v) is 10.3. The average Bonchev–Trinajstić information content (AvgIpc) is 2.60. The minimum Gasteiger partial charge on any atom is -0.368 e. The molecule has 0 unspecified atom stereocenters. The lowest BCUT2D eigenvalue weighted by Crippen LogP contribution is -2.46. The van der Waals surface area contributed by atoms with Crippen LogP contribution in [-0.4, -0.2) is 45.8 Å². The third kappa shape index (κ3) is 3.76. The summed E-state index contributed by atoms with van der Waals surface area (Å²) in [7, 11) is -3.69. The summed E-state index contributed by atoms with van der Waals surface area (Å²) in [6.07, 6.45) is 0.982. The van der Waals surface area contributed by atoms with Crippen LogP contribution in [0, 0.1) is 10.1 Å². The van der Waals surface area contributed by atoms with Gasteiger partial charge in [-0.1, -0.05) is 23.7 Å². The Morgan fingerprint density at radius 1 is 1.04 bits per heavy atom. The van der Waals surface area contributed by atoms with Crippen LogP contribution in [0.3, 0.4) is 0 Å². The van der Waals surface area contributed by atoms with Crippen LogP contribution < -0.4 is 9.80 Å². The third-order valence-electron chi connectivity index (χ3n) is 4.35. The van der Waals surface area contributed by atoms with Crippen molar-refractivity contribution in [1.82, 2.24) is 0 Å². The van der Waals surface area contributed by atoms with E-state index in [4.69, 9.17) is 11.6 Å². The van der Waals surface area contributed by atoms with Gasteiger partial charge in [0.15, 0.2) is 9.84 Å². The van der Waals surface area contributed by atoms with Crippen LogP contribution in [-0.2, 0) is 9.84 Å². The topological polar surface area (TPSA) is 83.8 Å². The normalized spacial score (nSPS) is 15.2. The van der Waals surface area contributed by atoms with Gasteiger partial charge in [0.25, 0.3) is 0 Å². The zero-order valence-electron chi connectivity index (χ0n) is 14.1. The minimum atomic E-state index is -3.69. The Bertz CT molecular complexity index is 941. The van der Waals surface area contributed by atoms with E-state index in [1.54, 1.807) is 18.2 Å². The molecule has 2 aromatic rings. The fraction of sp³-hybridized carbons (Fsp3) is 0.294. The Morgan fingerprint density at radius 3 is 2.23 bits per heavy atom. The second kappa shape index (κ2) is 7.13. The predicted molar refractivity (Wildman–Crippen MR) is 102 cm³/mol. The number of benzene rings is 2. The summed E-state index contributed by atoms with van der Waals surface area (Å²) in [5.74, 6) is 0. The Labute approximate surface area is 156 Å². The quantitative estimate of drug-likeness (QED) is 0.584. The Kier molecular flexibility index (Phi) is 5.06. The highest BCUT2D eigenvalue weighted by molar-refractivity contribution is 7.90. The van der Waals surface area contributed by atoms with Gasteiger partial charge in [0.2, 0.25) is 0 Å². The second-order valence-corrected chi connectivity index (χ2v) is 8.53. The first-order chi connectivity index (χ1) is 12.3. The molecular formula is C17H18ClN3O4S. The molecule has 0 bridgehead atoms. The van der Waals surface area contributed by atoms with E-state index in [1.165, 1.54) is 6.07 Å². The van der Waals surface area contributed by atoms with E-state index in [0.717, 1.165) is 11.9 Å². The van der Waals surface area contributed by atoms with Gasteiger partial charge in [-0.2, -0.15) is 0 Å². The molecule has 2 aromatic carbocycles. The maximum atomic E-state index is 11.9. The molecule has 0 N–H and O–H groups in total. The number of hydrogen-bond donors (Lipinski definition) is 0. The maximum absolute atomic E-state index is 11.9. The highest BCUT2D eigenvalue weighted by Crippen LogP contribution is 2.35. The molecule has 0 radical (unpaired) electrons. The van der Waals surface area contributed by atoms with Crippen molar-refractivity contribution in [3.05, 3.63) is 57.6 Å². The van der Waals surface area contributed by atoms with Gasteiger partial charge in [-0.05, 0) is 30.3 Å².